The molecule has 0 heteroatoms. The third-order valence-electron chi connectivity index (χ3n) is 4.18. The van der Waals surface area contributed by atoms with Crippen molar-refractivity contribution in [3.05, 3.63) is 0 Å². The smallest absolute Gasteiger partial charge is 0.0386 e. The minimum Gasteiger partial charge on any atom is -0.0654 e. The molecule has 0 radical (unpaired) electrons. The fraction of sp³-hybridized carbons (Fsp3) is 1.00. The van der Waals surface area contributed by atoms with Crippen LogP contribution >= 0.6 is 0 Å². The molecule has 1 fully saturated rings. The minimum absolute atomic E-state index is 1.01. The molecule has 0 bridgehead atoms. The first kappa shape index (κ1) is 12.1. The normalized spacial score (nSPS) is 30.2. The van der Waals surface area contributed by atoms with Crippen molar-refractivity contribution in [2.75, 3.05) is 0 Å². The fourth-order valence-electron chi connectivity index (χ4n) is 3.00. The first-order valence-electron chi connectivity index (χ1n) is 6.77. The second kappa shape index (κ2) is 6.48. The molecule has 84 valence electrons. The summed E-state index contributed by atoms with van der Waals surface area (Å²) in [7, 11) is 0. The Balaban J connectivity index is 2.29. The van der Waals surface area contributed by atoms with Gasteiger partial charge in [0.2, 0.25) is 0 Å². The van der Waals surface area contributed by atoms with Gasteiger partial charge in [-0.05, 0) is 30.6 Å². The van der Waals surface area contributed by atoms with Crippen LogP contribution in [-0.2, 0) is 0 Å². The highest BCUT2D eigenvalue weighted by Gasteiger charge is 2.24. The Bertz CT molecular complexity index is 128. The van der Waals surface area contributed by atoms with Gasteiger partial charge in [0.1, 0.15) is 0 Å². The van der Waals surface area contributed by atoms with E-state index in [1.807, 2.05) is 0 Å². The molecule has 0 nitrogen and oxygen atoms in total. The van der Waals surface area contributed by atoms with Crippen molar-refractivity contribution in [2.24, 2.45) is 17.8 Å². The van der Waals surface area contributed by atoms with Gasteiger partial charge < -0.3 is 0 Å². The van der Waals surface area contributed by atoms with Gasteiger partial charge in [-0.2, -0.15) is 0 Å². The lowest BCUT2D eigenvalue weighted by atomic mass is 9.74. The second-order valence-electron chi connectivity index (χ2n) is 5.33. The van der Waals surface area contributed by atoms with Gasteiger partial charge in [0.05, 0.1) is 0 Å². The fourth-order valence-corrected chi connectivity index (χ4v) is 3.00. The molecule has 1 aliphatic rings. The lowest BCUT2D eigenvalue weighted by molar-refractivity contribution is 0.196. The summed E-state index contributed by atoms with van der Waals surface area (Å²) >= 11 is 0. The summed E-state index contributed by atoms with van der Waals surface area (Å²) in [6.45, 7) is 7.12. The van der Waals surface area contributed by atoms with E-state index < -0.39 is 0 Å². The maximum absolute atomic E-state index is 2.42. The van der Waals surface area contributed by atoms with Crippen molar-refractivity contribution < 1.29 is 0 Å². The van der Waals surface area contributed by atoms with E-state index in [4.69, 9.17) is 0 Å². The highest BCUT2D eigenvalue weighted by Crippen LogP contribution is 2.36. The van der Waals surface area contributed by atoms with E-state index in [0.717, 1.165) is 17.8 Å². The van der Waals surface area contributed by atoms with E-state index in [0.29, 0.717) is 0 Å². The summed E-state index contributed by atoms with van der Waals surface area (Å²) in [6.07, 6.45) is 11.8. The molecule has 0 saturated heterocycles. The van der Waals surface area contributed by atoms with Gasteiger partial charge >= 0.3 is 0 Å². The predicted molar refractivity (Wildman–Crippen MR) is 64.4 cm³/mol. The quantitative estimate of drug-likeness (QED) is 0.578. The lowest BCUT2D eigenvalue weighted by Gasteiger charge is -2.32. The number of unbranched alkanes of at least 4 members (excludes halogenated alkanes) is 1. The maximum Gasteiger partial charge on any atom is -0.0386 e. The molecule has 1 aliphatic carbocycles. The number of hydrogen-bond acceptors (Lipinski definition) is 0. The van der Waals surface area contributed by atoms with Gasteiger partial charge in [0, 0.05) is 0 Å². The van der Waals surface area contributed by atoms with Crippen molar-refractivity contribution in [2.45, 2.75) is 72.1 Å². The second-order valence-corrected chi connectivity index (χ2v) is 5.33. The SMILES string of the molecule is CCCCC(CC)C1CCC(C)CC1. The summed E-state index contributed by atoms with van der Waals surface area (Å²) in [5.41, 5.74) is 0. The van der Waals surface area contributed by atoms with Crippen LogP contribution < -0.4 is 0 Å². The zero-order valence-electron chi connectivity index (χ0n) is 10.4. The van der Waals surface area contributed by atoms with Gasteiger partial charge in [-0.3, -0.25) is 0 Å². The van der Waals surface area contributed by atoms with Crippen LogP contribution in [0.4, 0.5) is 0 Å². The Kier molecular flexibility index (Phi) is 5.59. The van der Waals surface area contributed by atoms with Crippen molar-refractivity contribution in [1.82, 2.24) is 0 Å². The average molecular weight is 196 g/mol. The van der Waals surface area contributed by atoms with Crippen molar-refractivity contribution in [3.8, 4) is 0 Å². The number of hydrogen-bond donors (Lipinski definition) is 0. The molecular weight excluding hydrogens is 168 g/mol. The summed E-state index contributed by atoms with van der Waals surface area (Å²) in [5, 5.41) is 0. The van der Waals surface area contributed by atoms with E-state index in [-0.39, 0.29) is 0 Å². The Labute approximate surface area is 90.5 Å². The summed E-state index contributed by atoms with van der Waals surface area (Å²) < 4.78 is 0. The highest BCUT2D eigenvalue weighted by molar-refractivity contribution is 4.75. The molecule has 1 unspecified atom stereocenters. The van der Waals surface area contributed by atoms with E-state index in [1.165, 1.54) is 51.4 Å². The van der Waals surface area contributed by atoms with Crippen LogP contribution in [0.3, 0.4) is 0 Å². The minimum atomic E-state index is 1.01. The largest absolute Gasteiger partial charge is 0.0654 e. The van der Waals surface area contributed by atoms with Crippen LogP contribution in [0.5, 0.6) is 0 Å². The monoisotopic (exact) mass is 196 g/mol. The molecular formula is C14H28. The molecule has 1 saturated carbocycles. The van der Waals surface area contributed by atoms with Crippen LogP contribution in [0.2, 0.25) is 0 Å². The van der Waals surface area contributed by atoms with Gasteiger partial charge in [0.15, 0.2) is 0 Å². The summed E-state index contributed by atoms with van der Waals surface area (Å²) in [4.78, 5) is 0. The predicted octanol–water partition coefficient (Wildman–Crippen LogP) is 5.03. The molecule has 0 heterocycles. The molecule has 14 heavy (non-hydrogen) atoms. The molecule has 0 aliphatic heterocycles. The van der Waals surface area contributed by atoms with E-state index in [1.54, 1.807) is 0 Å². The van der Waals surface area contributed by atoms with E-state index in [2.05, 4.69) is 20.8 Å². The average Bonchev–Trinajstić information content (AvgIpc) is 2.21. The molecule has 0 spiro atoms. The maximum atomic E-state index is 2.42. The molecule has 0 N–H and O–H groups in total. The van der Waals surface area contributed by atoms with Gasteiger partial charge in [-0.25, -0.2) is 0 Å². The third kappa shape index (κ3) is 3.63. The van der Waals surface area contributed by atoms with Crippen LogP contribution in [0.25, 0.3) is 0 Å². The van der Waals surface area contributed by atoms with Crippen molar-refractivity contribution in [1.29, 1.82) is 0 Å². The summed E-state index contributed by atoms with van der Waals surface area (Å²) in [5.74, 6) is 3.13. The van der Waals surface area contributed by atoms with Crippen LogP contribution in [-0.4, -0.2) is 0 Å². The highest BCUT2D eigenvalue weighted by atomic mass is 14.3. The molecule has 0 amide bonds. The van der Waals surface area contributed by atoms with Crippen LogP contribution in [0, 0.1) is 17.8 Å². The molecule has 1 rings (SSSR count). The van der Waals surface area contributed by atoms with Crippen LogP contribution in [0.1, 0.15) is 72.1 Å². The zero-order valence-corrected chi connectivity index (χ0v) is 10.4. The molecule has 0 aromatic heterocycles. The Morgan fingerprint density at radius 3 is 2.21 bits per heavy atom. The lowest BCUT2D eigenvalue weighted by Crippen LogP contribution is -2.20. The Hall–Kier alpha value is 0. The Morgan fingerprint density at radius 1 is 1.07 bits per heavy atom. The number of rotatable bonds is 5. The van der Waals surface area contributed by atoms with Crippen molar-refractivity contribution >= 4 is 0 Å². The first-order valence-corrected chi connectivity index (χ1v) is 6.77. The van der Waals surface area contributed by atoms with Gasteiger partial charge in [-0.1, -0.05) is 59.3 Å². The van der Waals surface area contributed by atoms with E-state index in [9.17, 15) is 0 Å². The van der Waals surface area contributed by atoms with Crippen molar-refractivity contribution in [3.63, 3.8) is 0 Å². The molecule has 0 aromatic carbocycles. The zero-order chi connectivity index (χ0) is 10.4. The van der Waals surface area contributed by atoms with Gasteiger partial charge in [-0.15, -0.1) is 0 Å². The van der Waals surface area contributed by atoms with Gasteiger partial charge in [0.25, 0.3) is 0 Å². The summed E-state index contributed by atoms with van der Waals surface area (Å²) in [6, 6.07) is 0. The van der Waals surface area contributed by atoms with E-state index >= 15 is 0 Å². The standard InChI is InChI=1S/C14H28/c1-4-6-7-13(5-2)14-10-8-12(3)9-11-14/h12-14H,4-11H2,1-3H3. The molecule has 1 atom stereocenters. The van der Waals surface area contributed by atoms with Crippen LogP contribution in [0.15, 0.2) is 0 Å². The molecule has 0 aromatic rings. The first-order chi connectivity index (χ1) is 6.77. The topological polar surface area (TPSA) is 0 Å². The Morgan fingerprint density at radius 2 is 1.71 bits per heavy atom. The third-order valence-corrected chi connectivity index (χ3v) is 4.18.